The number of carbonyl (C=O) groups excluding carboxylic acids is 1. The van der Waals surface area contributed by atoms with Gasteiger partial charge >= 0.3 is 0 Å². The Bertz CT molecular complexity index is 345. The van der Waals surface area contributed by atoms with Crippen LogP contribution in [0.2, 0.25) is 0 Å². The summed E-state index contributed by atoms with van der Waals surface area (Å²) < 4.78 is 0. The first kappa shape index (κ1) is 13.5. The molecule has 19 heavy (non-hydrogen) atoms. The summed E-state index contributed by atoms with van der Waals surface area (Å²) in [5.74, 6) is 2.97. The molecule has 2 nitrogen and oxygen atoms in total. The van der Waals surface area contributed by atoms with Crippen LogP contribution in [0.5, 0.6) is 0 Å². The number of carbonyl (C=O) groups is 1. The molecule has 4 unspecified atom stereocenters. The quantitative estimate of drug-likeness (QED) is 0.822. The number of rotatable bonds is 3. The minimum Gasteiger partial charge on any atom is -0.353 e. The number of amides is 1. The van der Waals surface area contributed by atoms with Gasteiger partial charge in [-0.25, -0.2) is 0 Å². The molecule has 4 atom stereocenters. The Kier molecular flexibility index (Phi) is 3.61. The van der Waals surface area contributed by atoms with Crippen molar-refractivity contribution in [2.75, 3.05) is 0 Å². The summed E-state index contributed by atoms with van der Waals surface area (Å²) in [4.78, 5) is 12.6. The summed E-state index contributed by atoms with van der Waals surface area (Å²) in [6.07, 6.45) is 11.6. The highest BCUT2D eigenvalue weighted by atomic mass is 16.2. The maximum Gasteiger partial charge on any atom is 0.226 e. The van der Waals surface area contributed by atoms with Gasteiger partial charge in [-0.3, -0.25) is 4.79 Å². The predicted octanol–water partition coefficient (Wildman–Crippen LogP) is 3.90. The van der Waals surface area contributed by atoms with Crippen LogP contribution in [0.25, 0.3) is 0 Å². The van der Waals surface area contributed by atoms with E-state index in [4.69, 9.17) is 0 Å². The number of nitrogens with one attached hydrogen (secondary N) is 1. The summed E-state index contributed by atoms with van der Waals surface area (Å²) in [5, 5.41) is 3.38. The van der Waals surface area contributed by atoms with Gasteiger partial charge in [0.2, 0.25) is 5.91 Å². The second kappa shape index (κ2) is 5.10. The third-order valence-corrected chi connectivity index (χ3v) is 6.30. The van der Waals surface area contributed by atoms with Gasteiger partial charge in [0.05, 0.1) is 0 Å². The van der Waals surface area contributed by atoms with Gasteiger partial charge in [-0.15, -0.1) is 0 Å². The van der Waals surface area contributed by atoms with Crippen LogP contribution in [-0.2, 0) is 4.79 Å². The summed E-state index contributed by atoms with van der Waals surface area (Å²) in [6, 6.07) is 0.390. The van der Waals surface area contributed by atoms with Gasteiger partial charge in [0, 0.05) is 11.5 Å². The van der Waals surface area contributed by atoms with Crippen molar-refractivity contribution in [1.29, 1.82) is 0 Å². The lowest BCUT2D eigenvalue weighted by Crippen LogP contribution is -2.47. The molecule has 108 valence electrons. The van der Waals surface area contributed by atoms with Crippen LogP contribution >= 0.6 is 0 Å². The fourth-order valence-electron chi connectivity index (χ4n) is 4.95. The van der Waals surface area contributed by atoms with Crippen LogP contribution in [0.15, 0.2) is 0 Å². The maximum absolute atomic E-state index is 12.6. The second-order valence-electron chi connectivity index (χ2n) is 7.72. The molecule has 2 heteroatoms. The Balaban J connectivity index is 1.57. The Labute approximate surface area is 117 Å². The van der Waals surface area contributed by atoms with Gasteiger partial charge in [0.1, 0.15) is 0 Å². The fraction of sp³-hybridized carbons (Fsp3) is 0.941. The molecule has 0 spiro atoms. The second-order valence-corrected chi connectivity index (χ2v) is 7.72. The molecule has 0 aromatic carbocycles. The Morgan fingerprint density at radius 3 is 2.47 bits per heavy atom. The number of hydrogen-bond acceptors (Lipinski definition) is 1. The van der Waals surface area contributed by atoms with E-state index >= 15 is 0 Å². The van der Waals surface area contributed by atoms with Crippen molar-refractivity contribution in [2.45, 2.75) is 77.7 Å². The van der Waals surface area contributed by atoms with E-state index in [0.29, 0.717) is 11.9 Å². The molecule has 0 radical (unpaired) electrons. The zero-order valence-corrected chi connectivity index (χ0v) is 12.6. The summed E-state index contributed by atoms with van der Waals surface area (Å²) in [7, 11) is 0. The SMILES string of the molecule is CC(NC(=O)C1(C)CCCCC1)C1CC2CCC1C2. The molecule has 0 heterocycles. The van der Waals surface area contributed by atoms with E-state index in [1.165, 1.54) is 44.9 Å². The topological polar surface area (TPSA) is 29.1 Å². The van der Waals surface area contributed by atoms with Crippen LogP contribution in [0.4, 0.5) is 0 Å². The van der Waals surface area contributed by atoms with Crippen molar-refractivity contribution in [3.63, 3.8) is 0 Å². The molecule has 1 N–H and O–H groups in total. The number of hydrogen-bond donors (Lipinski definition) is 1. The molecule has 0 saturated heterocycles. The van der Waals surface area contributed by atoms with E-state index in [0.717, 1.165) is 30.6 Å². The summed E-state index contributed by atoms with van der Waals surface area (Å²) in [5.41, 5.74) is -0.0792. The van der Waals surface area contributed by atoms with Gasteiger partial charge in [-0.2, -0.15) is 0 Å². The Morgan fingerprint density at radius 2 is 1.89 bits per heavy atom. The third-order valence-electron chi connectivity index (χ3n) is 6.30. The molecule has 3 saturated carbocycles. The lowest BCUT2D eigenvalue weighted by molar-refractivity contribution is -0.133. The molecule has 3 aliphatic rings. The van der Waals surface area contributed by atoms with E-state index in [1.54, 1.807) is 0 Å². The van der Waals surface area contributed by atoms with Gasteiger partial charge in [0.15, 0.2) is 0 Å². The number of fused-ring (bicyclic) bond motifs is 2. The molecular formula is C17H29NO. The molecule has 3 fully saturated rings. The molecule has 0 aliphatic heterocycles. The van der Waals surface area contributed by atoms with E-state index in [2.05, 4.69) is 19.2 Å². The normalized spacial score (nSPS) is 38.1. The third kappa shape index (κ3) is 2.55. The van der Waals surface area contributed by atoms with Crippen LogP contribution in [0.1, 0.15) is 71.6 Å². The van der Waals surface area contributed by atoms with Crippen LogP contribution in [0, 0.1) is 23.2 Å². The van der Waals surface area contributed by atoms with E-state index in [-0.39, 0.29) is 5.41 Å². The molecule has 2 bridgehead atoms. The largest absolute Gasteiger partial charge is 0.353 e. The van der Waals surface area contributed by atoms with Crippen molar-refractivity contribution in [3.05, 3.63) is 0 Å². The zero-order chi connectivity index (χ0) is 13.5. The van der Waals surface area contributed by atoms with E-state index in [9.17, 15) is 4.79 Å². The molecular weight excluding hydrogens is 234 g/mol. The summed E-state index contributed by atoms with van der Waals surface area (Å²) in [6.45, 7) is 4.42. The standard InChI is InChI=1S/C17H29NO/c1-12(15-11-13-6-7-14(15)10-13)18-16(19)17(2)8-4-3-5-9-17/h12-15H,3-11H2,1-2H3,(H,18,19). The minimum atomic E-state index is -0.0792. The smallest absolute Gasteiger partial charge is 0.226 e. The van der Waals surface area contributed by atoms with E-state index in [1.807, 2.05) is 0 Å². The predicted molar refractivity (Wildman–Crippen MR) is 77.7 cm³/mol. The van der Waals surface area contributed by atoms with Crippen LogP contribution in [-0.4, -0.2) is 11.9 Å². The summed E-state index contributed by atoms with van der Waals surface area (Å²) >= 11 is 0. The highest BCUT2D eigenvalue weighted by Gasteiger charge is 2.43. The Morgan fingerprint density at radius 1 is 1.16 bits per heavy atom. The minimum absolute atomic E-state index is 0.0792. The van der Waals surface area contributed by atoms with Gasteiger partial charge in [0.25, 0.3) is 0 Å². The molecule has 0 aromatic heterocycles. The average Bonchev–Trinajstić information content (AvgIpc) is 3.01. The highest BCUT2D eigenvalue weighted by molar-refractivity contribution is 5.82. The van der Waals surface area contributed by atoms with E-state index < -0.39 is 0 Å². The molecule has 3 rings (SSSR count). The molecule has 1 amide bonds. The average molecular weight is 263 g/mol. The van der Waals surface area contributed by atoms with Gasteiger partial charge < -0.3 is 5.32 Å². The van der Waals surface area contributed by atoms with Gasteiger partial charge in [-0.1, -0.05) is 32.6 Å². The van der Waals surface area contributed by atoms with Crippen molar-refractivity contribution < 1.29 is 4.79 Å². The lowest BCUT2D eigenvalue weighted by atomic mass is 9.74. The first-order valence-corrected chi connectivity index (χ1v) is 8.39. The van der Waals surface area contributed by atoms with Crippen LogP contribution in [0.3, 0.4) is 0 Å². The Hall–Kier alpha value is -0.530. The monoisotopic (exact) mass is 263 g/mol. The zero-order valence-electron chi connectivity index (χ0n) is 12.6. The van der Waals surface area contributed by atoms with Crippen LogP contribution < -0.4 is 5.32 Å². The maximum atomic E-state index is 12.6. The van der Waals surface area contributed by atoms with Crippen molar-refractivity contribution in [3.8, 4) is 0 Å². The van der Waals surface area contributed by atoms with Gasteiger partial charge in [-0.05, 0) is 56.8 Å². The van der Waals surface area contributed by atoms with Crippen molar-refractivity contribution in [2.24, 2.45) is 23.2 Å². The molecule has 3 aliphatic carbocycles. The lowest BCUT2D eigenvalue weighted by Gasteiger charge is -2.35. The highest BCUT2D eigenvalue weighted by Crippen LogP contribution is 2.49. The first-order chi connectivity index (χ1) is 9.08. The fourth-order valence-corrected chi connectivity index (χ4v) is 4.95. The first-order valence-electron chi connectivity index (χ1n) is 8.39. The van der Waals surface area contributed by atoms with Crippen molar-refractivity contribution >= 4 is 5.91 Å². The molecule has 0 aromatic rings. The van der Waals surface area contributed by atoms with Crippen molar-refractivity contribution in [1.82, 2.24) is 5.32 Å².